The van der Waals surface area contributed by atoms with E-state index in [1.807, 2.05) is 19.1 Å². The molecule has 0 fully saturated rings. The number of carboxylic acid groups (broad SMARTS) is 2. The average molecular weight is 287 g/mol. The van der Waals surface area contributed by atoms with Crippen LogP contribution in [0.3, 0.4) is 0 Å². The number of carboxylic acids is 2. The average Bonchev–Trinajstić information content (AvgIpc) is 2.37. The highest BCUT2D eigenvalue weighted by Gasteiger charge is 2.36. The Hall–Kier alpha value is -2.56. The molecule has 0 unspecified atom stereocenters. The molecule has 1 aliphatic rings. The summed E-state index contributed by atoms with van der Waals surface area (Å²) in [6.45, 7) is 5.21. The van der Waals surface area contributed by atoms with Crippen LogP contribution in [0.25, 0.3) is 0 Å². The van der Waals surface area contributed by atoms with Crippen LogP contribution in [0.4, 0.5) is 0 Å². The maximum Gasteiger partial charge on any atom is 0.334 e. The summed E-state index contributed by atoms with van der Waals surface area (Å²) in [7, 11) is 0. The lowest BCUT2D eigenvalue weighted by Gasteiger charge is -2.28. The fourth-order valence-corrected chi connectivity index (χ4v) is 2.65. The van der Waals surface area contributed by atoms with Gasteiger partial charge in [0.2, 0.25) is 0 Å². The fourth-order valence-electron chi connectivity index (χ4n) is 2.65. The molecule has 0 saturated heterocycles. The van der Waals surface area contributed by atoms with Gasteiger partial charge in [-0.25, -0.2) is 9.59 Å². The molecule has 5 heteroatoms. The van der Waals surface area contributed by atoms with E-state index >= 15 is 0 Å². The van der Waals surface area contributed by atoms with Gasteiger partial charge >= 0.3 is 11.9 Å². The second kappa shape index (κ2) is 5.44. The minimum Gasteiger partial charge on any atom is -0.478 e. The van der Waals surface area contributed by atoms with Crippen molar-refractivity contribution in [3.8, 4) is 0 Å². The van der Waals surface area contributed by atoms with E-state index in [1.165, 1.54) is 0 Å². The Morgan fingerprint density at radius 2 is 1.33 bits per heavy atom. The molecule has 0 aliphatic carbocycles. The monoisotopic (exact) mass is 287 g/mol. The molecule has 1 heterocycles. The van der Waals surface area contributed by atoms with Crippen LogP contribution in [0.5, 0.6) is 0 Å². The highest BCUT2D eigenvalue weighted by molar-refractivity contribution is 5.98. The first-order valence-corrected chi connectivity index (χ1v) is 6.54. The molecule has 3 N–H and O–H groups in total. The van der Waals surface area contributed by atoms with Gasteiger partial charge < -0.3 is 15.5 Å². The first-order valence-electron chi connectivity index (χ1n) is 6.54. The van der Waals surface area contributed by atoms with Crippen molar-refractivity contribution < 1.29 is 19.8 Å². The van der Waals surface area contributed by atoms with Crippen molar-refractivity contribution in [3.05, 3.63) is 57.9 Å². The van der Waals surface area contributed by atoms with Crippen LogP contribution in [-0.4, -0.2) is 22.2 Å². The van der Waals surface area contributed by atoms with Gasteiger partial charge in [0, 0.05) is 11.4 Å². The topological polar surface area (TPSA) is 86.6 Å². The van der Waals surface area contributed by atoms with Crippen LogP contribution in [0, 0.1) is 6.92 Å². The van der Waals surface area contributed by atoms with Crippen molar-refractivity contribution >= 4 is 11.9 Å². The van der Waals surface area contributed by atoms with E-state index in [0.29, 0.717) is 17.0 Å². The van der Waals surface area contributed by atoms with Crippen LogP contribution in [-0.2, 0) is 9.59 Å². The molecule has 0 spiro atoms. The molecule has 2 rings (SSSR count). The highest BCUT2D eigenvalue weighted by Crippen LogP contribution is 2.38. The van der Waals surface area contributed by atoms with Crippen LogP contribution >= 0.6 is 0 Å². The van der Waals surface area contributed by atoms with Crippen LogP contribution in [0.2, 0.25) is 0 Å². The molecule has 5 nitrogen and oxygen atoms in total. The molecule has 0 aromatic heterocycles. The second-order valence-corrected chi connectivity index (χ2v) is 5.16. The number of hydrogen-bond acceptors (Lipinski definition) is 3. The maximum atomic E-state index is 11.6. The van der Waals surface area contributed by atoms with E-state index in [1.54, 1.807) is 26.0 Å². The Bertz CT molecular complexity index is 632. The summed E-state index contributed by atoms with van der Waals surface area (Å²) in [5.74, 6) is -3.00. The van der Waals surface area contributed by atoms with Gasteiger partial charge in [0.15, 0.2) is 0 Å². The van der Waals surface area contributed by atoms with Crippen molar-refractivity contribution in [2.24, 2.45) is 0 Å². The second-order valence-electron chi connectivity index (χ2n) is 5.16. The molecule has 21 heavy (non-hydrogen) atoms. The zero-order valence-electron chi connectivity index (χ0n) is 12.1. The molecule has 0 radical (unpaired) electrons. The molecule has 0 bridgehead atoms. The SMILES string of the molecule is CC1=C(C(=O)O)C(c2ccc(C)cc2)C(C(=O)O)=C(C)N1. The number of rotatable bonds is 3. The predicted molar refractivity (Wildman–Crippen MR) is 77.7 cm³/mol. The third-order valence-corrected chi connectivity index (χ3v) is 3.63. The summed E-state index contributed by atoms with van der Waals surface area (Å²) < 4.78 is 0. The van der Waals surface area contributed by atoms with E-state index in [-0.39, 0.29) is 11.1 Å². The molecule has 0 saturated carbocycles. The van der Waals surface area contributed by atoms with Gasteiger partial charge in [-0.3, -0.25) is 0 Å². The van der Waals surface area contributed by atoms with E-state index in [9.17, 15) is 19.8 Å². The molecule has 0 amide bonds. The largest absolute Gasteiger partial charge is 0.478 e. The summed E-state index contributed by atoms with van der Waals surface area (Å²) >= 11 is 0. The van der Waals surface area contributed by atoms with Gasteiger partial charge in [-0.1, -0.05) is 29.8 Å². The quantitative estimate of drug-likeness (QED) is 0.794. The van der Waals surface area contributed by atoms with E-state index < -0.39 is 17.9 Å². The number of hydrogen-bond donors (Lipinski definition) is 3. The summed E-state index contributed by atoms with van der Waals surface area (Å²) in [5, 5.41) is 21.8. The number of allylic oxidation sites excluding steroid dienone is 2. The van der Waals surface area contributed by atoms with Gasteiger partial charge in [0.05, 0.1) is 17.1 Å². The zero-order valence-corrected chi connectivity index (χ0v) is 12.1. The van der Waals surface area contributed by atoms with Gasteiger partial charge in [-0.2, -0.15) is 0 Å². The Labute approximate surface area is 122 Å². The third-order valence-electron chi connectivity index (χ3n) is 3.63. The first-order chi connectivity index (χ1) is 9.82. The number of nitrogens with one attached hydrogen (secondary N) is 1. The minimum absolute atomic E-state index is 0.0712. The Balaban J connectivity index is 2.67. The lowest BCUT2D eigenvalue weighted by Crippen LogP contribution is -2.30. The molecule has 0 atom stereocenters. The molecule has 110 valence electrons. The van der Waals surface area contributed by atoms with Crippen LogP contribution in [0.15, 0.2) is 46.8 Å². The van der Waals surface area contributed by atoms with Crippen molar-refractivity contribution in [2.45, 2.75) is 26.7 Å². The van der Waals surface area contributed by atoms with Crippen LogP contribution in [0.1, 0.15) is 30.9 Å². The van der Waals surface area contributed by atoms with E-state index in [0.717, 1.165) is 5.56 Å². The highest BCUT2D eigenvalue weighted by atomic mass is 16.4. The summed E-state index contributed by atoms with van der Waals surface area (Å²) in [6, 6.07) is 7.25. The summed E-state index contributed by atoms with van der Waals surface area (Å²) in [6.07, 6.45) is 0. The minimum atomic E-state index is -1.11. The number of dihydropyridines is 1. The number of benzene rings is 1. The molecular formula is C16H17NO4. The molecule has 1 aromatic carbocycles. The third kappa shape index (κ3) is 2.67. The molecular weight excluding hydrogens is 270 g/mol. The lowest BCUT2D eigenvalue weighted by molar-refractivity contribution is -0.133. The fraction of sp³-hybridized carbons (Fsp3) is 0.250. The Kier molecular flexibility index (Phi) is 3.84. The van der Waals surface area contributed by atoms with Crippen molar-refractivity contribution in [1.82, 2.24) is 5.32 Å². The number of carbonyl (C=O) groups is 2. The van der Waals surface area contributed by atoms with E-state index in [4.69, 9.17) is 0 Å². The number of aryl methyl sites for hydroxylation is 1. The first kappa shape index (κ1) is 14.8. The van der Waals surface area contributed by atoms with Gasteiger partial charge in [0.25, 0.3) is 0 Å². The zero-order chi connectivity index (χ0) is 15.7. The van der Waals surface area contributed by atoms with Crippen molar-refractivity contribution in [3.63, 3.8) is 0 Å². The van der Waals surface area contributed by atoms with Gasteiger partial charge in [-0.05, 0) is 26.3 Å². The van der Waals surface area contributed by atoms with Gasteiger partial charge in [-0.15, -0.1) is 0 Å². The lowest BCUT2D eigenvalue weighted by atomic mass is 9.80. The normalized spacial score (nSPS) is 16.0. The molecule has 1 aromatic rings. The van der Waals surface area contributed by atoms with Crippen molar-refractivity contribution in [2.75, 3.05) is 0 Å². The predicted octanol–water partition coefficient (Wildman–Crippen LogP) is 2.40. The maximum absolute atomic E-state index is 11.6. The van der Waals surface area contributed by atoms with Crippen molar-refractivity contribution in [1.29, 1.82) is 0 Å². The number of aliphatic carboxylic acids is 2. The smallest absolute Gasteiger partial charge is 0.334 e. The Morgan fingerprint density at radius 1 is 0.905 bits per heavy atom. The standard InChI is InChI=1S/C16H17NO4/c1-8-4-6-11(7-5-8)14-12(15(18)19)9(2)17-10(3)13(14)16(20)21/h4-7,14,17H,1-3H3,(H,18,19)(H,20,21). The summed E-state index contributed by atoms with van der Waals surface area (Å²) in [4.78, 5) is 23.2. The van der Waals surface area contributed by atoms with Gasteiger partial charge in [0.1, 0.15) is 0 Å². The summed E-state index contributed by atoms with van der Waals surface area (Å²) in [5.41, 5.74) is 2.77. The van der Waals surface area contributed by atoms with Crippen LogP contribution < -0.4 is 5.32 Å². The Morgan fingerprint density at radius 3 is 1.71 bits per heavy atom. The molecule has 1 aliphatic heterocycles. The van der Waals surface area contributed by atoms with E-state index in [2.05, 4.69) is 5.32 Å².